The fraction of sp³-hybridized carbons (Fsp3) is 0.765. The maximum atomic E-state index is 4.87. The van der Waals surface area contributed by atoms with Gasteiger partial charge in [-0.05, 0) is 26.3 Å². The largest absolute Gasteiger partial charge is 0.356 e. The Morgan fingerprint density at radius 3 is 2.18 bits per heavy atom. The van der Waals surface area contributed by atoms with Crippen LogP contribution in [0.3, 0.4) is 0 Å². The molecule has 124 valence electrons. The van der Waals surface area contributed by atoms with Gasteiger partial charge in [0.25, 0.3) is 0 Å². The summed E-state index contributed by atoms with van der Waals surface area (Å²) in [6, 6.07) is 2.12. The van der Waals surface area contributed by atoms with E-state index in [1.807, 2.05) is 0 Å². The summed E-state index contributed by atoms with van der Waals surface area (Å²) in [7, 11) is 0. The minimum absolute atomic E-state index is 0.906. The van der Waals surface area contributed by atoms with Crippen molar-refractivity contribution in [3.63, 3.8) is 0 Å². The van der Waals surface area contributed by atoms with E-state index < -0.39 is 0 Å². The van der Waals surface area contributed by atoms with Gasteiger partial charge in [0.1, 0.15) is 5.82 Å². The quantitative estimate of drug-likeness (QED) is 0.773. The number of hydrogen-bond donors (Lipinski definition) is 0. The van der Waals surface area contributed by atoms with Gasteiger partial charge in [0, 0.05) is 51.0 Å². The average molecular weight is 305 g/mol. The Kier molecular flexibility index (Phi) is 6.43. The first-order valence-corrected chi connectivity index (χ1v) is 8.75. The number of piperazine rings is 1. The van der Waals surface area contributed by atoms with E-state index in [4.69, 9.17) is 4.98 Å². The maximum absolute atomic E-state index is 4.87. The lowest BCUT2D eigenvalue weighted by molar-refractivity contribution is 0.270. The molecule has 1 aliphatic rings. The second kappa shape index (κ2) is 8.32. The van der Waals surface area contributed by atoms with Gasteiger partial charge >= 0.3 is 0 Å². The number of hydrogen-bond acceptors (Lipinski definition) is 5. The van der Waals surface area contributed by atoms with Gasteiger partial charge in [0.2, 0.25) is 5.95 Å². The number of rotatable bonds is 7. The Balaban J connectivity index is 2.15. The predicted molar refractivity (Wildman–Crippen MR) is 93.9 cm³/mol. The van der Waals surface area contributed by atoms with Crippen LogP contribution >= 0.6 is 0 Å². The standard InChI is InChI=1S/C17H31N5/c1-5-8-21(9-6-2)16-14-15(4)18-17(19-16)22-12-10-20(7-3)11-13-22/h14H,5-13H2,1-4H3. The fourth-order valence-corrected chi connectivity index (χ4v) is 2.98. The van der Waals surface area contributed by atoms with Gasteiger partial charge in [0.05, 0.1) is 0 Å². The van der Waals surface area contributed by atoms with Crippen LogP contribution in [0.5, 0.6) is 0 Å². The predicted octanol–water partition coefficient (Wildman–Crippen LogP) is 2.55. The lowest BCUT2D eigenvalue weighted by atomic mass is 10.3. The Hall–Kier alpha value is -1.36. The summed E-state index contributed by atoms with van der Waals surface area (Å²) in [4.78, 5) is 16.7. The molecule has 1 aliphatic heterocycles. The zero-order chi connectivity index (χ0) is 15.9. The third-order valence-corrected chi connectivity index (χ3v) is 4.24. The molecule has 0 aliphatic carbocycles. The third kappa shape index (κ3) is 4.32. The lowest BCUT2D eigenvalue weighted by Gasteiger charge is -2.34. The molecule has 0 aromatic carbocycles. The highest BCUT2D eigenvalue weighted by molar-refractivity contribution is 5.46. The molecular formula is C17H31N5. The van der Waals surface area contributed by atoms with Crippen molar-refractivity contribution >= 4 is 11.8 Å². The number of anilines is 2. The van der Waals surface area contributed by atoms with Gasteiger partial charge in [-0.25, -0.2) is 4.98 Å². The van der Waals surface area contributed by atoms with Gasteiger partial charge in [-0.1, -0.05) is 20.8 Å². The highest BCUT2D eigenvalue weighted by Crippen LogP contribution is 2.19. The van der Waals surface area contributed by atoms with Crippen molar-refractivity contribution in [3.8, 4) is 0 Å². The summed E-state index contributed by atoms with van der Waals surface area (Å²) < 4.78 is 0. The first kappa shape index (κ1) is 17.0. The van der Waals surface area contributed by atoms with E-state index in [2.05, 4.69) is 53.4 Å². The number of likely N-dealkylation sites (N-methyl/N-ethyl adjacent to an activating group) is 1. The highest BCUT2D eigenvalue weighted by Gasteiger charge is 2.19. The molecule has 0 saturated carbocycles. The van der Waals surface area contributed by atoms with Crippen LogP contribution in [0, 0.1) is 6.92 Å². The van der Waals surface area contributed by atoms with Gasteiger partial charge in [-0.15, -0.1) is 0 Å². The van der Waals surface area contributed by atoms with Crippen LogP contribution in [0.15, 0.2) is 6.07 Å². The van der Waals surface area contributed by atoms with E-state index in [-0.39, 0.29) is 0 Å². The first-order valence-electron chi connectivity index (χ1n) is 8.75. The molecule has 5 nitrogen and oxygen atoms in total. The van der Waals surface area contributed by atoms with Gasteiger partial charge in [-0.2, -0.15) is 4.98 Å². The molecule has 2 rings (SSSR count). The topological polar surface area (TPSA) is 35.5 Å². The van der Waals surface area contributed by atoms with Crippen LogP contribution in [0.1, 0.15) is 39.3 Å². The Bertz CT molecular complexity index is 448. The molecule has 0 unspecified atom stereocenters. The average Bonchev–Trinajstić information content (AvgIpc) is 2.54. The molecule has 0 atom stereocenters. The third-order valence-electron chi connectivity index (χ3n) is 4.24. The SMILES string of the molecule is CCCN(CCC)c1cc(C)nc(N2CCN(CC)CC2)n1. The molecule has 2 heterocycles. The van der Waals surface area contributed by atoms with E-state index in [9.17, 15) is 0 Å². The smallest absolute Gasteiger partial charge is 0.227 e. The van der Waals surface area contributed by atoms with Gasteiger partial charge in [-0.3, -0.25) is 0 Å². The number of aromatic nitrogens is 2. The molecule has 5 heteroatoms. The molecule has 0 radical (unpaired) electrons. The molecule has 1 aromatic heterocycles. The van der Waals surface area contributed by atoms with Crippen molar-refractivity contribution < 1.29 is 0 Å². The second-order valence-electron chi connectivity index (χ2n) is 6.08. The summed E-state index contributed by atoms with van der Waals surface area (Å²) in [6.07, 6.45) is 2.29. The molecular weight excluding hydrogens is 274 g/mol. The number of nitrogens with zero attached hydrogens (tertiary/aromatic N) is 5. The van der Waals surface area contributed by atoms with E-state index in [0.29, 0.717) is 0 Å². The summed E-state index contributed by atoms with van der Waals surface area (Å²) >= 11 is 0. The summed E-state index contributed by atoms with van der Waals surface area (Å²) in [5.41, 5.74) is 1.06. The molecule has 1 saturated heterocycles. The van der Waals surface area contributed by atoms with Gasteiger partial charge < -0.3 is 14.7 Å². The Labute approximate surface area is 135 Å². The van der Waals surface area contributed by atoms with Crippen molar-refractivity contribution in [2.75, 3.05) is 55.6 Å². The van der Waals surface area contributed by atoms with E-state index in [0.717, 1.165) is 76.1 Å². The lowest BCUT2D eigenvalue weighted by Crippen LogP contribution is -2.47. The monoisotopic (exact) mass is 305 g/mol. The zero-order valence-corrected chi connectivity index (χ0v) is 14.7. The molecule has 0 amide bonds. The molecule has 0 N–H and O–H groups in total. The minimum atomic E-state index is 0.906. The van der Waals surface area contributed by atoms with E-state index in [1.54, 1.807) is 0 Å². The second-order valence-corrected chi connectivity index (χ2v) is 6.08. The minimum Gasteiger partial charge on any atom is -0.356 e. The van der Waals surface area contributed by atoms with Crippen LogP contribution in [0.2, 0.25) is 0 Å². The summed E-state index contributed by atoms with van der Waals surface area (Å²) in [5.74, 6) is 1.99. The molecule has 0 bridgehead atoms. The normalized spacial score (nSPS) is 16.1. The van der Waals surface area contributed by atoms with Crippen molar-refractivity contribution in [3.05, 3.63) is 11.8 Å². The molecule has 1 fully saturated rings. The molecule has 1 aromatic rings. The van der Waals surface area contributed by atoms with Crippen molar-refractivity contribution in [2.24, 2.45) is 0 Å². The van der Waals surface area contributed by atoms with Crippen molar-refractivity contribution in [1.29, 1.82) is 0 Å². The van der Waals surface area contributed by atoms with E-state index in [1.165, 1.54) is 0 Å². The fourth-order valence-electron chi connectivity index (χ4n) is 2.98. The zero-order valence-electron chi connectivity index (χ0n) is 14.7. The maximum Gasteiger partial charge on any atom is 0.227 e. The van der Waals surface area contributed by atoms with Crippen LogP contribution in [-0.4, -0.2) is 60.7 Å². The van der Waals surface area contributed by atoms with Crippen molar-refractivity contribution in [2.45, 2.75) is 40.5 Å². The van der Waals surface area contributed by atoms with Crippen LogP contribution < -0.4 is 9.80 Å². The van der Waals surface area contributed by atoms with E-state index >= 15 is 0 Å². The summed E-state index contributed by atoms with van der Waals surface area (Å²) in [6.45, 7) is 16.3. The van der Waals surface area contributed by atoms with Crippen molar-refractivity contribution in [1.82, 2.24) is 14.9 Å². The molecule has 22 heavy (non-hydrogen) atoms. The van der Waals surface area contributed by atoms with Crippen LogP contribution in [0.25, 0.3) is 0 Å². The molecule has 0 spiro atoms. The van der Waals surface area contributed by atoms with Gasteiger partial charge in [0.15, 0.2) is 0 Å². The summed E-state index contributed by atoms with van der Waals surface area (Å²) in [5, 5.41) is 0. The Morgan fingerprint density at radius 2 is 1.64 bits per heavy atom. The Morgan fingerprint density at radius 1 is 1.00 bits per heavy atom. The first-order chi connectivity index (χ1) is 10.7. The highest BCUT2D eigenvalue weighted by atomic mass is 15.3. The number of aryl methyl sites for hydroxylation is 1. The van der Waals surface area contributed by atoms with Crippen LogP contribution in [-0.2, 0) is 0 Å². The van der Waals surface area contributed by atoms with Crippen LogP contribution in [0.4, 0.5) is 11.8 Å².